The molecule has 3 rings (SSSR count). The van der Waals surface area contributed by atoms with E-state index >= 15 is 0 Å². The first-order valence-electron chi connectivity index (χ1n) is 8.73. The number of hydrogen-bond acceptors (Lipinski definition) is 3. The number of allylic oxidation sites excluding steroid dienone is 1. The number of ether oxygens (including phenoxy) is 1. The van der Waals surface area contributed by atoms with Crippen molar-refractivity contribution in [3.63, 3.8) is 0 Å². The molecule has 1 atom stereocenters. The van der Waals surface area contributed by atoms with E-state index in [1.54, 1.807) is 28.9 Å². The van der Waals surface area contributed by atoms with E-state index in [9.17, 15) is 9.59 Å². The van der Waals surface area contributed by atoms with Gasteiger partial charge in [-0.25, -0.2) is 4.79 Å². The molecule has 6 heteroatoms. The van der Waals surface area contributed by atoms with E-state index in [1.807, 2.05) is 50.2 Å². The molecule has 0 aliphatic carbocycles. The average molecular weight is 559 g/mol. The van der Waals surface area contributed by atoms with Crippen LogP contribution in [0.15, 0.2) is 72.0 Å². The molecule has 0 aromatic heterocycles. The minimum absolute atomic E-state index is 0. The van der Waals surface area contributed by atoms with E-state index in [-0.39, 0.29) is 34.3 Å². The summed E-state index contributed by atoms with van der Waals surface area (Å²) in [6.45, 7) is 9.21. The number of hydrazine groups is 1. The topological polar surface area (TPSA) is 49.6 Å². The maximum Gasteiger partial charge on any atom is 1.00 e. The van der Waals surface area contributed by atoms with Crippen LogP contribution in [0.25, 0.3) is 0 Å². The van der Waals surface area contributed by atoms with Crippen molar-refractivity contribution in [2.45, 2.75) is 26.3 Å². The predicted octanol–water partition coefficient (Wildman–Crippen LogP) is 3.90. The SMILES string of the molecule is C=[N+]1[C@@H](c2ccccc2)CC(=O)N1[CH-]C(OC(=O)c1ccccc1)=C(C)C.[Au+]. The van der Waals surface area contributed by atoms with E-state index in [0.29, 0.717) is 17.7 Å². The smallest absolute Gasteiger partial charge is 0.460 e. The molecule has 2 aromatic rings. The van der Waals surface area contributed by atoms with Crippen molar-refractivity contribution in [1.29, 1.82) is 0 Å². The second-order valence-electron chi connectivity index (χ2n) is 6.56. The molecule has 0 saturated carbocycles. The summed E-state index contributed by atoms with van der Waals surface area (Å²) in [7, 11) is 0. The van der Waals surface area contributed by atoms with Gasteiger partial charge in [0.2, 0.25) is 6.04 Å². The van der Waals surface area contributed by atoms with E-state index in [4.69, 9.17) is 4.74 Å². The van der Waals surface area contributed by atoms with Crippen LogP contribution in [0.3, 0.4) is 0 Å². The quantitative estimate of drug-likeness (QED) is 0.184. The number of rotatable bonds is 5. The maximum absolute atomic E-state index is 12.5. The van der Waals surface area contributed by atoms with Crippen LogP contribution in [0.1, 0.15) is 42.2 Å². The molecule has 28 heavy (non-hydrogen) atoms. The zero-order chi connectivity index (χ0) is 19.4. The Morgan fingerprint density at radius 3 is 2.25 bits per heavy atom. The van der Waals surface area contributed by atoms with Crippen molar-refractivity contribution in [2.24, 2.45) is 0 Å². The van der Waals surface area contributed by atoms with Crippen molar-refractivity contribution >= 4 is 18.6 Å². The Morgan fingerprint density at radius 2 is 1.68 bits per heavy atom. The summed E-state index contributed by atoms with van der Waals surface area (Å²) in [5.74, 6) is -0.238. The van der Waals surface area contributed by atoms with Crippen LogP contribution in [0.2, 0.25) is 0 Å². The number of hydrazone groups is 1. The summed E-state index contributed by atoms with van der Waals surface area (Å²) in [6, 6.07) is 18.3. The van der Waals surface area contributed by atoms with Gasteiger partial charge in [0.15, 0.2) is 6.72 Å². The molecular weight excluding hydrogens is 537 g/mol. The normalized spacial score (nSPS) is 15.6. The van der Waals surface area contributed by atoms with Crippen molar-refractivity contribution in [3.8, 4) is 0 Å². The molecule has 0 unspecified atom stereocenters. The first-order chi connectivity index (χ1) is 13.0. The fourth-order valence-corrected chi connectivity index (χ4v) is 2.87. The molecule has 0 N–H and O–H groups in total. The van der Waals surface area contributed by atoms with Gasteiger partial charge in [-0.15, -0.1) is 18.5 Å². The minimum Gasteiger partial charge on any atom is -0.460 e. The van der Waals surface area contributed by atoms with Crippen LogP contribution in [0.5, 0.6) is 0 Å². The summed E-state index contributed by atoms with van der Waals surface area (Å²) >= 11 is 0. The van der Waals surface area contributed by atoms with E-state index < -0.39 is 5.97 Å². The van der Waals surface area contributed by atoms with E-state index in [0.717, 1.165) is 11.1 Å². The van der Waals surface area contributed by atoms with Crippen molar-refractivity contribution in [3.05, 3.63) is 89.7 Å². The Balaban J connectivity index is 0.00000280. The monoisotopic (exact) mass is 559 g/mol. The molecule has 0 spiro atoms. The standard InChI is InChI=1S/C22H22N2O3.Au/c1-16(2)20(27-22(26)18-12-8-5-9-13-18)15-24-21(25)14-19(23(24)3)17-10-6-4-7-11-17;/h4-13,15,19H,3,14H2,1-2H3;/q;+1/t19-;/m1./s1. The number of benzene rings is 2. The fourth-order valence-electron chi connectivity index (χ4n) is 2.87. The van der Waals surface area contributed by atoms with Gasteiger partial charge in [0.05, 0.1) is 12.0 Å². The van der Waals surface area contributed by atoms with Crippen LogP contribution < -0.4 is 0 Å². The molecular formula is C22H22AuN2O3+. The summed E-state index contributed by atoms with van der Waals surface area (Å²) in [4.78, 5) is 24.9. The van der Waals surface area contributed by atoms with Gasteiger partial charge in [-0.05, 0) is 24.4 Å². The molecule has 1 saturated heterocycles. The van der Waals surface area contributed by atoms with Crippen LogP contribution in [-0.4, -0.2) is 28.3 Å². The van der Waals surface area contributed by atoms with Crippen molar-refractivity contribution in [2.75, 3.05) is 0 Å². The number of esters is 1. The van der Waals surface area contributed by atoms with E-state index in [2.05, 4.69) is 6.72 Å². The summed E-state index contributed by atoms with van der Waals surface area (Å²) in [5, 5.41) is 1.41. The molecule has 1 amide bonds. The average Bonchev–Trinajstić information content (AvgIpc) is 2.96. The third-order valence-corrected chi connectivity index (χ3v) is 4.39. The van der Waals surface area contributed by atoms with Gasteiger partial charge in [0.25, 0.3) is 5.91 Å². The largest absolute Gasteiger partial charge is 1.00 e. The predicted molar refractivity (Wildman–Crippen MR) is 103 cm³/mol. The molecule has 2 aromatic carbocycles. The fraction of sp³-hybridized carbons (Fsp3) is 0.182. The third-order valence-electron chi connectivity index (χ3n) is 4.39. The number of carbonyl (C=O) groups is 2. The molecule has 1 heterocycles. The molecule has 0 radical (unpaired) electrons. The second kappa shape index (κ2) is 9.55. The number of nitrogens with zero attached hydrogens (tertiary/aromatic N) is 2. The van der Waals surface area contributed by atoms with Crippen molar-refractivity contribution in [1.82, 2.24) is 5.01 Å². The first-order valence-corrected chi connectivity index (χ1v) is 8.73. The molecule has 0 bridgehead atoms. The van der Waals surface area contributed by atoms with Crippen molar-refractivity contribution < 1.29 is 41.4 Å². The number of hydrogen-bond donors (Lipinski definition) is 0. The van der Waals surface area contributed by atoms with Crippen LogP contribution in [-0.2, 0) is 31.9 Å². The second-order valence-corrected chi connectivity index (χ2v) is 6.56. The molecule has 148 valence electrons. The van der Waals surface area contributed by atoms with Gasteiger partial charge in [0, 0.05) is 5.56 Å². The van der Waals surface area contributed by atoms with Gasteiger partial charge in [-0.2, -0.15) is 10.6 Å². The molecule has 1 fully saturated rings. The zero-order valence-corrected chi connectivity index (χ0v) is 17.9. The maximum atomic E-state index is 12.5. The summed E-state index contributed by atoms with van der Waals surface area (Å²) in [5.41, 5.74) is 2.24. The first kappa shape index (κ1) is 21.7. The third kappa shape index (κ3) is 4.81. The van der Waals surface area contributed by atoms with Gasteiger partial charge >= 0.3 is 28.3 Å². The van der Waals surface area contributed by atoms with Crippen LogP contribution in [0.4, 0.5) is 0 Å². The Kier molecular flexibility index (Phi) is 7.40. The van der Waals surface area contributed by atoms with Gasteiger partial charge in [0.1, 0.15) is 0 Å². The Hall–Kier alpha value is -2.60. The Bertz CT molecular complexity index is 891. The molecule has 1 aliphatic heterocycles. The zero-order valence-electron chi connectivity index (χ0n) is 15.8. The number of amides is 1. The van der Waals surface area contributed by atoms with E-state index in [1.165, 1.54) is 11.6 Å². The Labute approximate surface area is 180 Å². The molecule has 5 nitrogen and oxygen atoms in total. The van der Waals surface area contributed by atoms with Gasteiger partial charge < -0.3 is 4.74 Å². The van der Waals surface area contributed by atoms with Gasteiger partial charge in [-0.1, -0.05) is 48.5 Å². The minimum atomic E-state index is -0.468. The van der Waals surface area contributed by atoms with Gasteiger partial charge in [-0.3, -0.25) is 4.79 Å². The van der Waals surface area contributed by atoms with Crippen LogP contribution in [0, 0.1) is 6.54 Å². The number of carbonyl (C=O) groups excluding carboxylic acids is 2. The summed E-state index contributed by atoms with van der Waals surface area (Å²) in [6.07, 6.45) is 0.312. The van der Waals surface area contributed by atoms with Crippen LogP contribution >= 0.6 is 0 Å². The molecule has 1 aliphatic rings. The summed E-state index contributed by atoms with van der Waals surface area (Å²) < 4.78 is 7.16. The Morgan fingerprint density at radius 1 is 1.11 bits per heavy atom.